The van der Waals surface area contributed by atoms with Gasteiger partial charge < -0.3 is 19.5 Å². The van der Waals surface area contributed by atoms with E-state index in [2.05, 4.69) is 5.32 Å². The van der Waals surface area contributed by atoms with Gasteiger partial charge >= 0.3 is 0 Å². The zero-order chi connectivity index (χ0) is 17.2. The first-order valence-corrected chi connectivity index (χ1v) is 8.70. The summed E-state index contributed by atoms with van der Waals surface area (Å²) in [5, 5.41) is 3.44. The summed E-state index contributed by atoms with van der Waals surface area (Å²) in [7, 11) is 0. The summed E-state index contributed by atoms with van der Waals surface area (Å²) in [4.78, 5) is 0. The van der Waals surface area contributed by atoms with Crippen LogP contribution in [0.2, 0.25) is 0 Å². The molecule has 2 aromatic rings. The van der Waals surface area contributed by atoms with Crippen LogP contribution in [0.3, 0.4) is 0 Å². The average molecular weight is 343 g/mol. The fraction of sp³-hybridized carbons (Fsp3) is 0.400. The maximum atomic E-state index is 13.2. The van der Waals surface area contributed by atoms with Crippen molar-refractivity contribution in [3.63, 3.8) is 0 Å². The average Bonchev–Trinajstić information content (AvgIpc) is 3.08. The Bertz CT molecular complexity index is 747. The molecule has 25 heavy (non-hydrogen) atoms. The third kappa shape index (κ3) is 3.42. The summed E-state index contributed by atoms with van der Waals surface area (Å²) in [5.41, 5.74) is 2.21. The highest BCUT2D eigenvalue weighted by Crippen LogP contribution is 2.38. The van der Waals surface area contributed by atoms with Crippen LogP contribution >= 0.6 is 0 Å². The summed E-state index contributed by atoms with van der Waals surface area (Å²) < 4.78 is 30.2. The molecule has 0 aliphatic carbocycles. The molecule has 2 atom stereocenters. The number of hydrogen-bond donors (Lipinski definition) is 1. The molecule has 5 heteroatoms. The van der Waals surface area contributed by atoms with Crippen LogP contribution in [-0.2, 0) is 0 Å². The minimum atomic E-state index is -0.193. The Morgan fingerprint density at radius 2 is 1.92 bits per heavy atom. The molecular formula is C20H22FNO3. The minimum Gasteiger partial charge on any atom is -0.493 e. The van der Waals surface area contributed by atoms with Gasteiger partial charge in [0.1, 0.15) is 11.6 Å². The summed E-state index contributed by atoms with van der Waals surface area (Å²) in [5.74, 6) is 2.85. The predicted molar refractivity (Wildman–Crippen MR) is 92.9 cm³/mol. The number of fused-ring (bicyclic) bond motifs is 1. The van der Waals surface area contributed by atoms with E-state index >= 15 is 0 Å². The third-order valence-corrected chi connectivity index (χ3v) is 5.03. The number of hydrogen-bond acceptors (Lipinski definition) is 4. The van der Waals surface area contributed by atoms with Crippen LogP contribution < -0.4 is 19.5 Å². The molecule has 0 aromatic heterocycles. The minimum absolute atomic E-state index is 0.193. The zero-order valence-corrected chi connectivity index (χ0v) is 14.3. The van der Waals surface area contributed by atoms with E-state index in [4.69, 9.17) is 14.2 Å². The van der Waals surface area contributed by atoms with Crippen LogP contribution in [0.5, 0.6) is 17.2 Å². The van der Waals surface area contributed by atoms with Gasteiger partial charge in [0.15, 0.2) is 11.5 Å². The Balaban J connectivity index is 1.48. The largest absolute Gasteiger partial charge is 0.493 e. The van der Waals surface area contributed by atoms with Crippen molar-refractivity contribution in [2.24, 2.45) is 5.92 Å². The number of benzene rings is 2. The molecule has 0 amide bonds. The van der Waals surface area contributed by atoms with E-state index in [0.29, 0.717) is 18.4 Å². The van der Waals surface area contributed by atoms with Gasteiger partial charge in [-0.15, -0.1) is 0 Å². The fourth-order valence-electron chi connectivity index (χ4n) is 3.62. The number of aryl methyl sites for hydroxylation is 1. The highest BCUT2D eigenvalue weighted by atomic mass is 19.1. The topological polar surface area (TPSA) is 39.7 Å². The van der Waals surface area contributed by atoms with Crippen molar-refractivity contribution in [1.82, 2.24) is 5.32 Å². The molecule has 1 saturated heterocycles. The lowest BCUT2D eigenvalue weighted by Gasteiger charge is -2.32. The van der Waals surface area contributed by atoms with E-state index in [1.807, 2.05) is 31.2 Å². The number of ether oxygens (including phenoxy) is 3. The van der Waals surface area contributed by atoms with E-state index in [-0.39, 0.29) is 12.6 Å². The van der Waals surface area contributed by atoms with E-state index in [9.17, 15) is 4.39 Å². The Morgan fingerprint density at radius 3 is 2.72 bits per heavy atom. The number of piperidine rings is 1. The van der Waals surface area contributed by atoms with Crippen LogP contribution in [0.4, 0.5) is 4.39 Å². The van der Waals surface area contributed by atoms with Crippen molar-refractivity contribution >= 4 is 0 Å². The standard InChI is InChI=1S/C20H22FNO3/c1-13-8-19-20(25-12-24-19)9-18(13)23-11-15-10-22-7-6-17(15)14-2-4-16(21)5-3-14/h2-5,8-9,15,17,22H,6-7,10-12H2,1H3/t15-,17-/m0/s1. The van der Waals surface area contributed by atoms with Gasteiger partial charge in [0.05, 0.1) is 6.61 Å². The lowest BCUT2D eigenvalue weighted by Crippen LogP contribution is -2.38. The predicted octanol–water partition coefficient (Wildman–Crippen LogP) is 3.63. The van der Waals surface area contributed by atoms with Gasteiger partial charge in [-0.2, -0.15) is 0 Å². The summed E-state index contributed by atoms with van der Waals surface area (Å²) >= 11 is 0. The molecule has 0 radical (unpaired) electrons. The van der Waals surface area contributed by atoms with E-state index in [0.717, 1.165) is 42.3 Å². The first-order chi connectivity index (χ1) is 12.2. The van der Waals surface area contributed by atoms with Gasteiger partial charge in [-0.05, 0) is 55.1 Å². The number of halogens is 1. The van der Waals surface area contributed by atoms with Crippen molar-refractivity contribution in [3.05, 3.63) is 53.3 Å². The highest BCUT2D eigenvalue weighted by molar-refractivity contribution is 5.51. The normalized spacial score (nSPS) is 22.0. The fourth-order valence-corrected chi connectivity index (χ4v) is 3.62. The molecule has 2 aliphatic rings. The Kier molecular flexibility index (Phi) is 4.49. The van der Waals surface area contributed by atoms with Crippen molar-refractivity contribution in [2.75, 3.05) is 26.5 Å². The van der Waals surface area contributed by atoms with Crippen LogP contribution in [0.15, 0.2) is 36.4 Å². The number of rotatable bonds is 4. The van der Waals surface area contributed by atoms with Crippen molar-refractivity contribution < 1.29 is 18.6 Å². The Morgan fingerprint density at radius 1 is 1.16 bits per heavy atom. The molecule has 2 heterocycles. The van der Waals surface area contributed by atoms with Gasteiger partial charge in [0.25, 0.3) is 0 Å². The van der Waals surface area contributed by atoms with Crippen molar-refractivity contribution in [2.45, 2.75) is 19.3 Å². The first-order valence-electron chi connectivity index (χ1n) is 8.70. The highest BCUT2D eigenvalue weighted by Gasteiger charge is 2.27. The molecule has 0 unspecified atom stereocenters. The Labute approximate surface area is 146 Å². The zero-order valence-electron chi connectivity index (χ0n) is 14.3. The third-order valence-electron chi connectivity index (χ3n) is 5.03. The summed E-state index contributed by atoms with van der Waals surface area (Å²) in [6, 6.07) is 10.7. The summed E-state index contributed by atoms with van der Waals surface area (Å²) in [6.07, 6.45) is 1.03. The van der Waals surface area contributed by atoms with E-state index in [1.165, 1.54) is 17.7 Å². The SMILES string of the molecule is Cc1cc2c(cc1OC[C@@H]1CNCC[C@H]1c1ccc(F)cc1)OCO2. The second kappa shape index (κ2) is 6.92. The van der Waals surface area contributed by atoms with Crippen molar-refractivity contribution in [1.29, 1.82) is 0 Å². The first kappa shape index (κ1) is 16.2. The lowest BCUT2D eigenvalue weighted by atomic mass is 9.81. The van der Waals surface area contributed by atoms with Crippen LogP contribution in [0.25, 0.3) is 0 Å². The smallest absolute Gasteiger partial charge is 0.231 e. The van der Waals surface area contributed by atoms with Crippen LogP contribution in [0, 0.1) is 18.7 Å². The van der Waals surface area contributed by atoms with Crippen LogP contribution in [-0.4, -0.2) is 26.5 Å². The second-order valence-corrected chi connectivity index (χ2v) is 6.69. The number of nitrogens with one attached hydrogen (secondary N) is 1. The van der Waals surface area contributed by atoms with Gasteiger partial charge in [-0.3, -0.25) is 0 Å². The molecule has 1 fully saturated rings. The molecule has 0 bridgehead atoms. The van der Waals surface area contributed by atoms with Crippen molar-refractivity contribution in [3.8, 4) is 17.2 Å². The summed E-state index contributed by atoms with van der Waals surface area (Å²) in [6.45, 7) is 4.74. The molecule has 2 aliphatic heterocycles. The van der Waals surface area contributed by atoms with Gasteiger partial charge in [0, 0.05) is 18.5 Å². The van der Waals surface area contributed by atoms with E-state index < -0.39 is 0 Å². The Hall–Kier alpha value is -2.27. The van der Waals surface area contributed by atoms with Gasteiger partial charge in [-0.25, -0.2) is 4.39 Å². The molecule has 4 nitrogen and oxygen atoms in total. The maximum Gasteiger partial charge on any atom is 0.231 e. The second-order valence-electron chi connectivity index (χ2n) is 6.69. The molecule has 2 aromatic carbocycles. The lowest BCUT2D eigenvalue weighted by molar-refractivity contribution is 0.173. The monoisotopic (exact) mass is 343 g/mol. The van der Waals surface area contributed by atoms with E-state index in [1.54, 1.807) is 0 Å². The van der Waals surface area contributed by atoms with Gasteiger partial charge in [-0.1, -0.05) is 12.1 Å². The quantitative estimate of drug-likeness (QED) is 0.920. The molecular weight excluding hydrogens is 321 g/mol. The van der Waals surface area contributed by atoms with Gasteiger partial charge in [0.2, 0.25) is 6.79 Å². The molecule has 132 valence electrons. The molecule has 4 rings (SSSR count). The van der Waals surface area contributed by atoms with Crippen LogP contribution in [0.1, 0.15) is 23.5 Å². The molecule has 0 spiro atoms. The molecule has 0 saturated carbocycles. The molecule has 1 N–H and O–H groups in total. The maximum absolute atomic E-state index is 13.2.